The third-order valence-corrected chi connectivity index (χ3v) is 5.10. The van der Waals surface area contributed by atoms with Gasteiger partial charge in [0.05, 0.1) is 18.3 Å². The van der Waals surface area contributed by atoms with Crippen LogP contribution in [0.2, 0.25) is 0 Å². The predicted octanol–water partition coefficient (Wildman–Crippen LogP) is 1.87. The molecule has 2 N–H and O–H groups in total. The van der Waals surface area contributed by atoms with E-state index in [1.54, 1.807) is 36.4 Å². The highest BCUT2D eigenvalue weighted by Gasteiger charge is 2.40. The molecule has 1 saturated heterocycles. The number of methoxy groups -OCH3 is 1. The van der Waals surface area contributed by atoms with E-state index in [1.807, 2.05) is 19.1 Å². The number of amides is 3. The van der Waals surface area contributed by atoms with Gasteiger partial charge in [0, 0.05) is 32.4 Å². The van der Waals surface area contributed by atoms with E-state index in [9.17, 15) is 9.59 Å². The standard InChI is InChI=1S/C20H24N6O3/c1-13(12-29-2)22-19(27)15-6-7-16-18(23-15)26(14-8-10-25(16)11-14)20(28)24-17-5-3-4-9-21-17/h3-7,9,13-14H,8,10-12H2,1-2H3,(H,22,27)(H,21,24,28). The molecule has 9 heteroatoms. The zero-order valence-corrected chi connectivity index (χ0v) is 16.5. The summed E-state index contributed by atoms with van der Waals surface area (Å²) in [5.41, 5.74) is 1.13. The number of ether oxygens (including phenoxy) is 1. The molecule has 2 bridgehead atoms. The second-order valence-electron chi connectivity index (χ2n) is 7.27. The van der Waals surface area contributed by atoms with Crippen LogP contribution in [0.4, 0.5) is 22.1 Å². The molecule has 2 atom stereocenters. The minimum Gasteiger partial charge on any atom is -0.383 e. The Balaban J connectivity index is 1.62. The summed E-state index contributed by atoms with van der Waals surface area (Å²) in [6.07, 6.45) is 2.47. The van der Waals surface area contributed by atoms with Crippen molar-refractivity contribution in [3.8, 4) is 0 Å². The van der Waals surface area contributed by atoms with E-state index in [4.69, 9.17) is 4.74 Å². The van der Waals surface area contributed by atoms with Crippen molar-refractivity contribution in [3.63, 3.8) is 0 Å². The van der Waals surface area contributed by atoms with Crippen molar-refractivity contribution in [3.05, 3.63) is 42.2 Å². The molecule has 0 radical (unpaired) electrons. The van der Waals surface area contributed by atoms with Crippen molar-refractivity contribution in [1.29, 1.82) is 0 Å². The molecule has 4 heterocycles. The Morgan fingerprint density at radius 1 is 1.31 bits per heavy atom. The fourth-order valence-electron chi connectivity index (χ4n) is 3.79. The summed E-state index contributed by atoms with van der Waals surface area (Å²) in [5.74, 6) is 0.677. The monoisotopic (exact) mass is 396 g/mol. The van der Waals surface area contributed by atoms with Crippen LogP contribution in [0.25, 0.3) is 0 Å². The number of hydrogen-bond donors (Lipinski definition) is 2. The Kier molecular flexibility index (Phi) is 5.30. The van der Waals surface area contributed by atoms with Gasteiger partial charge in [-0.2, -0.15) is 0 Å². The molecule has 2 aromatic heterocycles. The number of rotatable bonds is 5. The Morgan fingerprint density at radius 3 is 2.93 bits per heavy atom. The molecule has 0 aliphatic carbocycles. The van der Waals surface area contributed by atoms with Crippen molar-refractivity contribution >= 4 is 29.3 Å². The van der Waals surface area contributed by atoms with Gasteiger partial charge in [0.2, 0.25) is 0 Å². The number of fused-ring (bicyclic) bond motifs is 4. The van der Waals surface area contributed by atoms with Crippen LogP contribution < -0.4 is 20.4 Å². The van der Waals surface area contributed by atoms with Gasteiger partial charge in [-0.15, -0.1) is 0 Å². The van der Waals surface area contributed by atoms with Gasteiger partial charge in [-0.25, -0.2) is 14.8 Å². The third-order valence-electron chi connectivity index (χ3n) is 5.10. The summed E-state index contributed by atoms with van der Waals surface area (Å²) in [6.45, 7) is 3.87. The molecule has 2 aromatic rings. The molecule has 0 spiro atoms. The topological polar surface area (TPSA) is 99.7 Å². The summed E-state index contributed by atoms with van der Waals surface area (Å²) in [7, 11) is 1.59. The van der Waals surface area contributed by atoms with Gasteiger partial charge in [-0.05, 0) is 37.6 Å². The molecule has 2 aliphatic rings. The molecule has 29 heavy (non-hydrogen) atoms. The van der Waals surface area contributed by atoms with Crippen molar-refractivity contribution in [1.82, 2.24) is 15.3 Å². The molecule has 2 unspecified atom stereocenters. The number of carbonyl (C=O) groups is 2. The van der Waals surface area contributed by atoms with Gasteiger partial charge < -0.3 is 15.0 Å². The van der Waals surface area contributed by atoms with Crippen LogP contribution in [0.5, 0.6) is 0 Å². The Bertz CT molecular complexity index is 906. The molecule has 0 saturated carbocycles. The summed E-state index contributed by atoms with van der Waals surface area (Å²) in [4.78, 5) is 38.2. The maximum atomic E-state index is 13.1. The summed E-state index contributed by atoms with van der Waals surface area (Å²) in [6, 6.07) is 8.46. The molecular formula is C20H24N6O3. The Morgan fingerprint density at radius 2 is 2.17 bits per heavy atom. The van der Waals surface area contributed by atoms with Crippen LogP contribution >= 0.6 is 0 Å². The highest BCUT2D eigenvalue weighted by atomic mass is 16.5. The van der Waals surface area contributed by atoms with Crippen LogP contribution in [0, 0.1) is 0 Å². The van der Waals surface area contributed by atoms with Crippen molar-refractivity contribution in [2.45, 2.75) is 25.4 Å². The SMILES string of the molecule is COCC(C)NC(=O)c1ccc2c(n1)N(C(=O)Nc1ccccn1)C1CCN2C1. The van der Waals surface area contributed by atoms with Crippen molar-refractivity contribution < 1.29 is 14.3 Å². The van der Waals surface area contributed by atoms with E-state index in [1.165, 1.54) is 0 Å². The van der Waals surface area contributed by atoms with Gasteiger partial charge in [-0.1, -0.05) is 6.07 Å². The Labute approximate surface area is 169 Å². The van der Waals surface area contributed by atoms with E-state index in [-0.39, 0.29) is 29.7 Å². The Hall–Kier alpha value is -3.20. The minimum atomic E-state index is -0.297. The summed E-state index contributed by atoms with van der Waals surface area (Å²) >= 11 is 0. The number of urea groups is 1. The molecule has 1 fully saturated rings. The van der Waals surface area contributed by atoms with Gasteiger partial charge in [0.25, 0.3) is 5.91 Å². The van der Waals surface area contributed by atoms with Gasteiger partial charge >= 0.3 is 6.03 Å². The molecule has 4 rings (SSSR count). The van der Waals surface area contributed by atoms with Crippen molar-refractivity contribution in [2.24, 2.45) is 0 Å². The largest absolute Gasteiger partial charge is 0.383 e. The second kappa shape index (κ2) is 8.04. The lowest BCUT2D eigenvalue weighted by Gasteiger charge is -2.35. The molecule has 0 aromatic carbocycles. The highest BCUT2D eigenvalue weighted by molar-refractivity contribution is 6.05. The van der Waals surface area contributed by atoms with Gasteiger partial charge in [0.15, 0.2) is 5.82 Å². The smallest absolute Gasteiger partial charge is 0.329 e. The first-order chi connectivity index (χ1) is 14.1. The lowest BCUT2D eigenvalue weighted by molar-refractivity contribution is 0.0900. The van der Waals surface area contributed by atoms with Crippen LogP contribution in [-0.4, -0.2) is 60.8 Å². The number of pyridine rings is 2. The number of anilines is 3. The van der Waals surface area contributed by atoms with E-state index < -0.39 is 0 Å². The molecule has 9 nitrogen and oxygen atoms in total. The number of nitrogens with zero attached hydrogens (tertiary/aromatic N) is 4. The van der Waals surface area contributed by atoms with E-state index in [2.05, 4.69) is 25.5 Å². The van der Waals surface area contributed by atoms with Gasteiger partial charge in [0.1, 0.15) is 11.5 Å². The number of hydrogen-bond acceptors (Lipinski definition) is 6. The first-order valence-electron chi connectivity index (χ1n) is 9.64. The molecule has 3 amide bonds. The maximum absolute atomic E-state index is 13.1. The fourth-order valence-corrected chi connectivity index (χ4v) is 3.79. The first kappa shape index (κ1) is 19.1. The zero-order valence-electron chi connectivity index (χ0n) is 16.5. The minimum absolute atomic E-state index is 0.00411. The van der Waals surface area contributed by atoms with Crippen molar-refractivity contribution in [2.75, 3.05) is 41.9 Å². The maximum Gasteiger partial charge on any atom is 0.329 e. The van der Waals surface area contributed by atoms with Gasteiger partial charge in [-0.3, -0.25) is 15.0 Å². The highest BCUT2D eigenvalue weighted by Crippen LogP contribution is 2.39. The zero-order chi connectivity index (χ0) is 20.4. The number of nitrogens with one attached hydrogen (secondary N) is 2. The summed E-state index contributed by atoms with van der Waals surface area (Å²) < 4.78 is 5.06. The van der Waals surface area contributed by atoms with Crippen LogP contribution in [0.1, 0.15) is 23.8 Å². The van der Waals surface area contributed by atoms with E-state index in [0.717, 1.165) is 25.2 Å². The second-order valence-corrected chi connectivity index (χ2v) is 7.27. The lowest BCUT2D eigenvalue weighted by atomic mass is 10.1. The van der Waals surface area contributed by atoms with Crippen LogP contribution in [0.3, 0.4) is 0 Å². The van der Waals surface area contributed by atoms with E-state index in [0.29, 0.717) is 18.2 Å². The molecule has 2 aliphatic heterocycles. The molecular weight excluding hydrogens is 372 g/mol. The van der Waals surface area contributed by atoms with Crippen LogP contribution in [-0.2, 0) is 4.74 Å². The first-order valence-corrected chi connectivity index (χ1v) is 9.64. The lowest BCUT2D eigenvalue weighted by Crippen LogP contribution is -2.48. The predicted molar refractivity (Wildman–Crippen MR) is 109 cm³/mol. The average molecular weight is 396 g/mol. The normalized spacial score (nSPS) is 18.2. The van der Waals surface area contributed by atoms with E-state index >= 15 is 0 Å². The quantitative estimate of drug-likeness (QED) is 0.800. The average Bonchev–Trinajstić information content (AvgIpc) is 3.13. The fraction of sp³-hybridized carbons (Fsp3) is 0.400. The summed E-state index contributed by atoms with van der Waals surface area (Å²) in [5, 5.41) is 5.69. The molecule has 152 valence electrons. The number of aromatic nitrogens is 2. The van der Waals surface area contributed by atoms with Crippen LogP contribution in [0.15, 0.2) is 36.5 Å². The number of carbonyl (C=O) groups excluding carboxylic acids is 2. The third kappa shape index (κ3) is 3.86.